The fraction of sp³-hybridized carbons (Fsp3) is 0.852. The number of aliphatic carboxylic acids is 7. The summed E-state index contributed by atoms with van der Waals surface area (Å²) in [6, 6.07) is 0. The zero-order chi connectivity index (χ0) is 56.5. The topological polar surface area (TPSA) is 328 Å². The standard InChI is InChI=1S/2C17H34O2.C12H20O7.C8H12O7/c1-4-5-6-7-8-9-10-11-12-13-14-15-17(18)19-16(2)3;1-4-5-6-7-8-9-10-11-12-13-14-16(15(2)3)17(18)19;1-4-7(8(13)14)12(19,10(17)18)11(5-2,6-3)9(15)16;1-2-4(6(11)12)8(15,7(13)14)3-5(9)10/h16H,4-15H2,1-3H3;15-16H,4-14H2,1-3H3,(H,18,19);7,19H,4-6H2,1-3H3,(H,13,14)(H,15,16)(H,17,18);4,15H,2-3H2,1H3,(H,9,10)(H,11,12)(H,13,14). The Morgan fingerprint density at radius 2 is 0.806 bits per heavy atom. The average molecular weight is 1040 g/mol. The number of rotatable bonds is 40. The second-order valence-electron chi connectivity index (χ2n) is 19.5. The number of carbonyl (C=O) groups excluding carboxylic acids is 1. The van der Waals surface area contributed by atoms with Crippen LogP contribution in [0.1, 0.15) is 249 Å². The summed E-state index contributed by atoms with van der Waals surface area (Å²) in [4.78, 5) is 88.0. The number of esters is 1. The monoisotopic (exact) mass is 1040 g/mol. The van der Waals surface area contributed by atoms with Gasteiger partial charge in [-0.1, -0.05) is 184 Å². The van der Waals surface area contributed by atoms with Crippen molar-refractivity contribution in [3.05, 3.63) is 0 Å². The molecule has 0 aliphatic heterocycles. The molecule has 18 nitrogen and oxygen atoms in total. The lowest BCUT2D eigenvalue weighted by Crippen LogP contribution is -2.63. The lowest BCUT2D eigenvalue weighted by molar-refractivity contribution is -0.205. The SMILES string of the molecule is CCC(C(=O)O)C(O)(C(=O)O)C(CC)(CC)C(=O)O.CCC(C(=O)O)C(O)(CC(=O)O)C(=O)O.CCCCCCCCCCCCC(C(=O)O)C(C)C.CCCCCCCCCCCCCC(=O)OC(C)C. The summed E-state index contributed by atoms with van der Waals surface area (Å²) in [5.74, 6) is -13.7. The van der Waals surface area contributed by atoms with Crippen molar-refractivity contribution in [2.75, 3.05) is 0 Å². The summed E-state index contributed by atoms with van der Waals surface area (Å²) in [5, 5.41) is 82.4. The van der Waals surface area contributed by atoms with Crippen molar-refractivity contribution in [2.24, 2.45) is 29.1 Å². The lowest BCUT2D eigenvalue weighted by Gasteiger charge is -2.43. The molecule has 0 bridgehead atoms. The van der Waals surface area contributed by atoms with Crippen molar-refractivity contribution < 1.29 is 89.1 Å². The Labute approximate surface area is 431 Å². The Bertz CT molecular complexity index is 1510. The third-order valence-electron chi connectivity index (χ3n) is 13.3. The zero-order valence-corrected chi connectivity index (χ0v) is 45.9. The molecule has 0 rings (SSSR count). The molecule has 0 heterocycles. The number of hydrogen-bond donors (Lipinski definition) is 9. The maximum atomic E-state index is 11.5. The fourth-order valence-electron chi connectivity index (χ4n) is 8.73. The lowest BCUT2D eigenvalue weighted by atomic mass is 9.61. The third-order valence-corrected chi connectivity index (χ3v) is 13.3. The van der Waals surface area contributed by atoms with Gasteiger partial charge in [0.05, 0.1) is 30.3 Å². The highest BCUT2D eigenvalue weighted by atomic mass is 16.5. The molecule has 0 aromatic heterocycles. The molecule has 0 spiro atoms. The highest BCUT2D eigenvalue weighted by molar-refractivity contribution is 5.93. The van der Waals surface area contributed by atoms with Crippen molar-refractivity contribution in [3.8, 4) is 0 Å². The van der Waals surface area contributed by atoms with Crippen LogP contribution in [0.15, 0.2) is 0 Å². The van der Waals surface area contributed by atoms with Gasteiger partial charge in [-0.05, 0) is 58.3 Å². The molecule has 9 N–H and O–H groups in total. The van der Waals surface area contributed by atoms with Crippen LogP contribution in [0, 0.1) is 29.1 Å². The van der Waals surface area contributed by atoms with Crippen LogP contribution in [0.4, 0.5) is 0 Å². The second-order valence-corrected chi connectivity index (χ2v) is 19.5. The minimum Gasteiger partial charge on any atom is -0.481 e. The molecule has 5 unspecified atom stereocenters. The number of ether oxygens (including phenoxy) is 1. The third kappa shape index (κ3) is 30.7. The second kappa shape index (κ2) is 43.1. The molecule has 0 aliphatic carbocycles. The molecule has 18 heteroatoms. The number of hydrogen-bond acceptors (Lipinski definition) is 11. The van der Waals surface area contributed by atoms with E-state index in [4.69, 9.17) is 30.3 Å². The first-order valence-corrected chi connectivity index (χ1v) is 26.9. The molecule has 0 aromatic carbocycles. The summed E-state index contributed by atoms with van der Waals surface area (Å²) in [7, 11) is 0. The van der Waals surface area contributed by atoms with E-state index in [-0.39, 0.29) is 49.6 Å². The number of carboxylic acids is 7. The minimum atomic E-state index is -2.86. The molecule has 0 saturated heterocycles. The van der Waals surface area contributed by atoms with Gasteiger partial charge in [-0.25, -0.2) is 9.59 Å². The van der Waals surface area contributed by atoms with Crippen LogP contribution < -0.4 is 0 Å². The smallest absolute Gasteiger partial charge is 0.337 e. The molecule has 5 atom stereocenters. The van der Waals surface area contributed by atoms with Gasteiger partial charge in [-0.2, -0.15) is 0 Å². The molecule has 0 aliphatic rings. The van der Waals surface area contributed by atoms with E-state index in [0.29, 0.717) is 6.42 Å². The van der Waals surface area contributed by atoms with Crippen LogP contribution >= 0.6 is 0 Å². The highest BCUT2D eigenvalue weighted by Gasteiger charge is 2.64. The Morgan fingerprint density at radius 3 is 1.06 bits per heavy atom. The Hall–Kier alpha value is -4.32. The van der Waals surface area contributed by atoms with E-state index < -0.39 is 76.7 Å². The van der Waals surface area contributed by atoms with Crippen molar-refractivity contribution in [1.82, 2.24) is 0 Å². The molecule has 0 fully saturated rings. The van der Waals surface area contributed by atoms with Gasteiger partial charge in [-0.15, -0.1) is 0 Å². The quantitative estimate of drug-likeness (QED) is 0.0203. The molecule has 0 radical (unpaired) electrons. The summed E-state index contributed by atoms with van der Waals surface area (Å²) in [5.41, 5.74) is -7.67. The van der Waals surface area contributed by atoms with E-state index in [1.165, 1.54) is 150 Å². The average Bonchev–Trinajstić information content (AvgIpc) is 3.27. The molecule has 424 valence electrons. The van der Waals surface area contributed by atoms with Gasteiger partial charge in [-0.3, -0.25) is 28.8 Å². The molecule has 72 heavy (non-hydrogen) atoms. The van der Waals surface area contributed by atoms with Gasteiger partial charge in [0, 0.05) is 6.42 Å². The highest BCUT2D eigenvalue weighted by Crippen LogP contribution is 2.45. The van der Waals surface area contributed by atoms with Crippen LogP contribution in [0.3, 0.4) is 0 Å². The summed E-state index contributed by atoms with van der Waals surface area (Å²) >= 11 is 0. The van der Waals surface area contributed by atoms with Gasteiger partial charge >= 0.3 is 47.8 Å². The maximum absolute atomic E-state index is 11.5. The number of carbonyl (C=O) groups is 8. The van der Waals surface area contributed by atoms with Crippen LogP contribution in [-0.2, 0) is 43.1 Å². The largest absolute Gasteiger partial charge is 0.481 e. The molecular weight excluding hydrogens is 937 g/mol. The Morgan fingerprint density at radius 1 is 0.444 bits per heavy atom. The van der Waals surface area contributed by atoms with Gasteiger partial charge in [0.25, 0.3) is 0 Å². The number of aliphatic hydroxyl groups is 2. The molecule has 0 aromatic rings. The van der Waals surface area contributed by atoms with Crippen molar-refractivity contribution in [2.45, 2.75) is 266 Å². The first-order valence-electron chi connectivity index (χ1n) is 26.9. The summed E-state index contributed by atoms with van der Waals surface area (Å²) in [6.45, 7) is 17.9. The van der Waals surface area contributed by atoms with E-state index >= 15 is 0 Å². The van der Waals surface area contributed by atoms with Crippen LogP contribution in [0.5, 0.6) is 0 Å². The maximum Gasteiger partial charge on any atom is 0.337 e. The fourth-order valence-corrected chi connectivity index (χ4v) is 8.73. The predicted molar refractivity (Wildman–Crippen MR) is 276 cm³/mol. The van der Waals surface area contributed by atoms with Crippen molar-refractivity contribution >= 4 is 47.8 Å². The Kier molecular flexibility index (Phi) is 44.4. The number of unbranched alkanes of at least 4 members (excludes halogenated alkanes) is 19. The van der Waals surface area contributed by atoms with Gasteiger partial charge in [0.15, 0.2) is 11.2 Å². The number of carboxylic acid groups (broad SMARTS) is 7. The van der Waals surface area contributed by atoms with E-state index in [2.05, 4.69) is 13.8 Å². The van der Waals surface area contributed by atoms with E-state index in [0.717, 1.165) is 19.3 Å². The Balaban J connectivity index is -0.000000430. The summed E-state index contributed by atoms with van der Waals surface area (Å²) in [6.07, 6.45) is 27.1. The molecule has 0 amide bonds. The zero-order valence-electron chi connectivity index (χ0n) is 45.9. The molecule has 0 saturated carbocycles. The normalized spacial score (nSPS) is 14.0. The van der Waals surface area contributed by atoms with Crippen LogP contribution in [0.25, 0.3) is 0 Å². The van der Waals surface area contributed by atoms with Crippen LogP contribution in [0.2, 0.25) is 0 Å². The first-order chi connectivity index (χ1) is 33.7. The van der Waals surface area contributed by atoms with E-state index in [1.807, 2.05) is 27.7 Å². The van der Waals surface area contributed by atoms with Crippen molar-refractivity contribution in [3.63, 3.8) is 0 Å². The van der Waals surface area contributed by atoms with E-state index in [1.54, 1.807) is 0 Å². The van der Waals surface area contributed by atoms with Gasteiger partial charge < -0.3 is 50.7 Å². The summed E-state index contributed by atoms with van der Waals surface area (Å²) < 4.78 is 5.10. The van der Waals surface area contributed by atoms with Gasteiger partial charge in [0.2, 0.25) is 0 Å². The van der Waals surface area contributed by atoms with Gasteiger partial charge in [0.1, 0.15) is 5.41 Å². The minimum absolute atomic E-state index is 0.0280. The van der Waals surface area contributed by atoms with Crippen molar-refractivity contribution in [1.29, 1.82) is 0 Å². The predicted octanol–water partition coefficient (Wildman–Crippen LogP) is 11.5. The van der Waals surface area contributed by atoms with Crippen LogP contribution in [-0.4, -0.2) is 111 Å². The first kappa shape index (κ1) is 74.2. The molecular formula is C54H100O18. The van der Waals surface area contributed by atoms with E-state index in [9.17, 15) is 58.8 Å².